The number of carbonyl (C=O) groups excluding carboxylic acids is 1. The maximum Gasteiger partial charge on any atom is 0.490 e. The Kier molecular flexibility index (Phi) is 3.41. The van der Waals surface area contributed by atoms with Crippen LogP contribution in [0.3, 0.4) is 0 Å². The van der Waals surface area contributed by atoms with Gasteiger partial charge in [0.05, 0.1) is 0 Å². The predicted octanol–water partition coefficient (Wildman–Crippen LogP) is -0.430. The summed E-state index contributed by atoms with van der Waals surface area (Å²) in [5.74, 6) is -1.48. The second-order valence-corrected chi connectivity index (χ2v) is 3.72. The van der Waals surface area contributed by atoms with E-state index < -0.39 is 12.1 Å². The molecule has 2 atom stereocenters. The predicted molar refractivity (Wildman–Crippen MR) is 46.2 cm³/mol. The Labute approximate surface area is 88.8 Å². The van der Waals surface area contributed by atoms with Gasteiger partial charge in [0.1, 0.15) is 0 Å². The molecule has 4 N–H and O–H groups in total. The maximum atomic E-state index is 10.6. The number of aliphatic carboxylic acids is 1. The molecule has 2 unspecified atom stereocenters. The van der Waals surface area contributed by atoms with Crippen LogP contribution in [0.1, 0.15) is 0 Å². The zero-order chi connectivity index (χ0) is 12.5. The van der Waals surface area contributed by atoms with Gasteiger partial charge in [-0.05, 0) is 24.9 Å². The maximum absolute atomic E-state index is 10.6. The number of fused-ring (bicyclic) bond motifs is 1. The van der Waals surface area contributed by atoms with Gasteiger partial charge in [0, 0.05) is 5.92 Å². The lowest BCUT2D eigenvalue weighted by Crippen LogP contribution is -2.23. The normalized spacial score (nSPS) is 31.1. The number of carboxylic acid groups (broad SMARTS) is 1. The molecule has 1 aliphatic heterocycles. The van der Waals surface area contributed by atoms with Crippen LogP contribution in [0.15, 0.2) is 0 Å². The van der Waals surface area contributed by atoms with Crippen molar-refractivity contribution in [2.24, 2.45) is 23.5 Å². The summed E-state index contributed by atoms with van der Waals surface area (Å²) in [5, 5.41) is 10.3. The Balaban J connectivity index is 0.000000168. The molecule has 0 aromatic carbocycles. The number of carbonyl (C=O) groups is 2. The van der Waals surface area contributed by atoms with Crippen LogP contribution in [-0.4, -0.2) is 36.2 Å². The Morgan fingerprint density at radius 3 is 1.81 bits per heavy atom. The number of halogens is 3. The standard InChI is InChI=1S/C6H10N2O.C2HF3O2/c7-6(9)5-3-1-8-2-4(3)5;3-2(4,5)1(6)7/h3-5,8H,1-2H2,(H2,7,9);(H,6,7). The van der Waals surface area contributed by atoms with Crippen molar-refractivity contribution in [1.29, 1.82) is 0 Å². The highest BCUT2D eigenvalue weighted by molar-refractivity contribution is 5.80. The van der Waals surface area contributed by atoms with Gasteiger partial charge in [-0.1, -0.05) is 0 Å². The second kappa shape index (κ2) is 4.28. The van der Waals surface area contributed by atoms with Crippen LogP contribution in [0, 0.1) is 17.8 Å². The van der Waals surface area contributed by atoms with Gasteiger partial charge < -0.3 is 16.2 Å². The molecular weight excluding hydrogens is 229 g/mol. The Morgan fingerprint density at radius 1 is 1.25 bits per heavy atom. The van der Waals surface area contributed by atoms with Crippen LogP contribution in [0.4, 0.5) is 13.2 Å². The molecule has 1 saturated carbocycles. The Morgan fingerprint density at radius 2 is 1.62 bits per heavy atom. The summed E-state index contributed by atoms with van der Waals surface area (Å²) >= 11 is 0. The summed E-state index contributed by atoms with van der Waals surface area (Å²) < 4.78 is 31.7. The average molecular weight is 240 g/mol. The van der Waals surface area contributed by atoms with Crippen molar-refractivity contribution in [1.82, 2.24) is 5.32 Å². The lowest BCUT2D eigenvalue weighted by atomic mass is 10.3. The summed E-state index contributed by atoms with van der Waals surface area (Å²) in [6.45, 7) is 2.00. The SMILES string of the molecule is NC(=O)C1C2CNCC21.O=C(O)C(F)(F)F. The average Bonchev–Trinajstić information content (AvgIpc) is 2.62. The van der Waals surface area contributed by atoms with Gasteiger partial charge >= 0.3 is 12.1 Å². The van der Waals surface area contributed by atoms with Gasteiger partial charge in [-0.15, -0.1) is 0 Å². The fourth-order valence-corrected chi connectivity index (χ4v) is 1.84. The molecule has 2 aliphatic rings. The Hall–Kier alpha value is -1.31. The van der Waals surface area contributed by atoms with Crippen molar-refractivity contribution in [3.05, 3.63) is 0 Å². The van der Waals surface area contributed by atoms with Gasteiger partial charge in [0.25, 0.3) is 0 Å². The van der Waals surface area contributed by atoms with E-state index in [2.05, 4.69) is 5.32 Å². The first-order chi connectivity index (χ1) is 7.25. The van der Waals surface area contributed by atoms with Crippen LogP contribution >= 0.6 is 0 Å². The summed E-state index contributed by atoms with van der Waals surface area (Å²) in [4.78, 5) is 19.5. The van der Waals surface area contributed by atoms with Crippen LogP contribution in [0.5, 0.6) is 0 Å². The zero-order valence-electron chi connectivity index (χ0n) is 8.12. The van der Waals surface area contributed by atoms with Gasteiger partial charge in [0.15, 0.2) is 0 Å². The van der Waals surface area contributed by atoms with Crippen LogP contribution in [0.2, 0.25) is 0 Å². The third-order valence-electron chi connectivity index (χ3n) is 2.66. The Bertz CT molecular complexity index is 295. The fourth-order valence-electron chi connectivity index (χ4n) is 1.84. The van der Waals surface area contributed by atoms with E-state index in [9.17, 15) is 18.0 Å². The number of piperidine rings is 1. The highest BCUT2D eigenvalue weighted by Crippen LogP contribution is 2.48. The van der Waals surface area contributed by atoms with E-state index in [-0.39, 0.29) is 11.8 Å². The first kappa shape index (κ1) is 12.8. The van der Waals surface area contributed by atoms with Crippen LogP contribution in [-0.2, 0) is 9.59 Å². The molecule has 2 rings (SSSR count). The van der Waals surface area contributed by atoms with E-state index in [1.165, 1.54) is 0 Å². The molecule has 1 heterocycles. The number of nitrogens with one attached hydrogen (secondary N) is 1. The largest absolute Gasteiger partial charge is 0.490 e. The van der Waals surface area contributed by atoms with E-state index >= 15 is 0 Å². The summed E-state index contributed by atoms with van der Waals surface area (Å²) in [7, 11) is 0. The number of hydrogen-bond acceptors (Lipinski definition) is 3. The molecule has 2 fully saturated rings. The topological polar surface area (TPSA) is 92.4 Å². The molecule has 5 nitrogen and oxygen atoms in total. The highest BCUT2D eigenvalue weighted by atomic mass is 19.4. The molecule has 1 amide bonds. The first-order valence-electron chi connectivity index (χ1n) is 4.55. The lowest BCUT2D eigenvalue weighted by Gasteiger charge is -1.97. The van der Waals surface area contributed by atoms with Gasteiger partial charge in [-0.3, -0.25) is 4.79 Å². The number of hydrogen-bond donors (Lipinski definition) is 3. The van der Waals surface area contributed by atoms with Gasteiger partial charge in [0.2, 0.25) is 5.91 Å². The molecule has 8 heteroatoms. The minimum absolute atomic E-state index is 0.105. The van der Waals surface area contributed by atoms with E-state index in [1.54, 1.807) is 0 Å². The lowest BCUT2D eigenvalue weighted by molar-refractivity contribution is -0.192. The number of rotatable bonds is 1. The summed E-state index contributed by atoms with van der Waals surface area (Å²) in [6, 6.07) is 0. The van der Waals surface area contributed by atoms with E-state index in [0.29, 0.717) is 11.8 Å². The molecule has 0 aromatic rings. The van der Waals surface area contributed by atoms with E-state index in [0.717, 1.165) is 13.1 Å². The molecule has 0 radical (unpaired) electrons. The van der Waals surface area contributed by atoms with Crippen molar-refractivity contribution in [3.63, 3.8) is 0 Å². The number of carboxylic acids is 1. The molecule has 1 aliphatic carbocycles. The third-order valence-corrected chi connectivity index (χ3v) is 2.66. The minimum atomic E-state index is -5.08. The van der Waals surface area contributed by atoms with Crippen LogP contribution < -0.4 is 11.1 Å². The zero-order valence-corrected chi connectivity index (χ0v) is 8.12. The van der Waals surface area contributed by atoms with Crippen LogP contribution in [0.25, 0.3) is 0 Å². The highest BCUT2D eigenvalue weighted by Gasteiger charge is 2.55. The quantitative estimate of drug-likeness (QED) is 0.580. The number of primary amides is 1. The molecule has 1 saturated heterocycles. The third kappa shape index (κ3) is 2.84. The van der Waals surface area contributed by atoms with Gasteiger partial charge in [-0.2, -0.15) is 13.2 Å². The smallest absolute Gasteiger partial charge is 0.475 e. The first-order valence-corrected chi connectivity index (χ1v) is 4.55. The number of amides is 1. The fraction of sp³-hybridized carbons (Fsp3) is 0.750. The molecule has 0 spiro atoms. The molecule has 0 bridgehead atoms. The molecular formula is C8H11F3N2O3. The number of alkyl halides is 3. The molecule has 92 valence electrons. The van der Waals surface area contributed by atoms with E-state index in [1.807, 2.05) is 0 Å². The van der Waals surface area contributed by atoms with Gasteiger partial charge in [-0.25, -0.2) is 4.79 Å². The molecule has 16 heavy (non-hydrogen) atoms. The van der Waals surface area contributed by atoms with E-state index in [4.69, 9.17) is 15.6 Å². The van der Waals surface area contributed by atoms with Crippen molar-refractivity contribution < 1.29 is 27.9 Å². The minimum Gasteiger partial charge on any atom is -0.475 e. The van der Waals surface area contributed by atoms with Crippen molar-refractivity contribution >= 4 is 11.9 Å². The van der Waals surface area contributed by atoms with Crippen molar-refractivity contribution in [2.45, 2.75) is 6.18 Å². The number of nitrogens with two attached hydrogens (primary N) is 1. The van der Waals surface area contributed by atoms with Crippen molar-refractivity contribution in [3.8, 4) is 0 Å². The summed E-state index contributed by atoms with van der Waals surface area (Å²) in [6.07, 6.45) is -5.08. The monoisotopic (exact) mass is 240 g/mol. The summed E-state index contributed by atoms with van der Waals surface area (Å²) in [5.41, 5.74) is 5.12. The molecule has 0 aromatic heterocycles. The van der Waals surface area contributed by atoms with Crippen molar-refractivity contribution in [2.75, 3.05) is 13.1 Å². The second-order valence-electron chi connectivity index (χ2n) is 3.72.